The molecule has 1 heterocycles. The van der Waals surface area contributed by atoms with Crippen LogP contribution >= 0.6 is 11.6 Å². The molecule has 0 saturated carbocycles. The molecule has 0 bridgehead atoms. The van der Waals surface area contributed by atoms with Gasteiger partial charge in [0.1, 0.15) is 23.8 Å². The van der Waals surface area contributed by atoms with E-state index >= 15 is 0 Å². The summed E-state index contributed by atoms with van der Waals surface area (Å²) in [4.78, 5) is 8.59. The van der Waals surface area contributed by atoms with Crippen LogP contribution in [0.5, 0.6) is 5.75 Å². The normalized spacial score (nSPS) is 12.9. The van der Waals surface area contributed by atoms with Gasteiger partial charge in [-0.2, -0.15) is 22.0 Å². The topological polar surface area (TPSA) is 43.7 Å². The third-order valence-electron chi connectivity index (χ3n) is 3.61. The number of oxime groups is 1. The minimum atomic E-state index is -4.86. The molecule has 0 unspecified atom stereocenters. The lowest BCUT2D eigenvalue weighted by molar-refractivity contribution is -0.148. The predicted octanol–water partition coefficient (Wildman–Crippen LogP) is 5.97. The second kappa shape index (κ2) is 9.50. The van der Waals surface area contributed by atoms with Crippen molar-refractivity contribution in [2.24, 2.45) is 5.16 Å². The van der Waals surface area contributed by atoms with Crippen molar-refractivity contribution in [3.63, 3.8) is 0 Å². The highest BCUT2D eigenvalue weighted by Gasteiger charge is 2.42. The molecule has 1 aromatic carbocycles. The van der Waals surface area contributed by atoms with Crippen molar-refractivity contribution in [3.05, 3.63) is 58.4 Å². The predicted molar refractivity (Wildman–Crippen MR) is 94.1 cm³/mol. The van der Waals surface area contributed by atoms with Gasteiger partial charge in [-0.25, -0.2) is 8.78 Å². The van der Waals surface area contributed by atoms with Crippen molar-refractivity contribution in [2.75, 3.05) is 6.61 Å². The maximum absolute atomic E-state index is 13.1. The SMILES string of the molecule is C/C(=N\OCc1ccc(Cl)cc1)c1ncc(C(F)(F)F)cc1OCC(F)(F)C(F)F. The second-order valence-electron chi connectivity index (χ2n) is 6.00. The molecule has 0 saturated heterocycles. The molecule has 0 aliphatic carbocycles. The summed E-state index contributed by atoms with van der Waals surface area (Å²) in [7, 11) is 0. The Kier molecular flexibility index (Phi) is 7.51. The molecule has 0 aliphatic heterocycles. The summed E-state index contributed by atoms with van der Waals surface area (Å²) in [6, 6.07) is 6.86. The largest absolute Gasteiger partial charge is 0.485 e. The molecule has 0 radical (unpaired) electrons. The summed E-state index contributed by atoms with van der Waals surface area (Å²) in [5, 5.41) is 4.16. The smallest absolute Gasteiger partial charge is 0.418 e. The quantitative estimate of drug-likeness (QED) is 0.278. The van der Waals surface area contributed by atoms with Crippen LogP contribution in [0.1, 0.15) is 23.7 Å². The summed E-state index contributed by atoms with van der Waals surface area (Å²) < 4.78 is 94.1. The van der Waals surface area contributed by atoms with E-state index in [9.17, 15) is 30.7 Å². The number of aromatic nitrogens is 1. The average Bonchev–Trinajstić information content (AvgIpc) is 2.67. The lowest BCUT2D eigenvalue weighted by atomic mass is 10.2. The zero-order valence-corrected chi connectivity index (χ0v) is 15.9. The first-order valence-electron chi connectivity index (χ1n) is 8.17. The van der Waals surface area contributed by atoms with Gasteiger partial charge < -0.3 is 9.57 Å². The van der Waals surface area contributed by atoms with E-state index in [0.29, 0.717) is 22.8 Å². The third kappa shape index (κ3) is 6.48. The van der Waals surface area contributed by atoms with E-state index in [1.54, 1.807) is 24.3 Å². The Balaban J connectivity index is 2.24. The molecule has 1 aromatic heterocycles. The van der Waals surface area contributed by atoms with Crippen LogP contribution in [-0.2, 0) is 17.6 Å². The number of alkyl halides is 7. The lowest BCUT2D eigenvalue weighted by Crippen LogP contribution is -2.34. The maximum Gasteiger partial charge on any atom is 0.418 e. The van der Waals surface area contributed by atoms with Crippen LogP contribution in [0.25, 0.3) is 0 Å². The summed E-state index contributed by atoms with van der Waals surface area (Å²) in [5.41, 5.74) is -1.13. The minimum absolute atomic E-state index is 0.0329. The molecule has 4 nitrogen and oxygen atoms in total. The summed E-state index contributed by atoms with van der Waals surface area (Å²) in [6.07, 6.45) is -8.48. The number of pyridine rings is 1. The first-order valence-corrected chi connectivity index (χ1v) is 8.55. The van der Waals surface area contributed by atoms with Gasteiger partial charge in [0.25, 0.3) is 0 Å². The highest BCUT2D eigenvalue weighted by Crippen LogP contribution is 2.33. The van der Waals surface area contributed by atoms with Crippen LogP contribution in [0.3, 0.4) is 0 Å². The van der Waals surface area contributed by atoms with E-state index in [1.165, 1.54) is 6.92 Å². The molecule has 0 amide bonds. The Morgan fingerprint density at radius 2 is 1.77 bits per heavy atom. The minimum Gasteiger partial charge on any atom is -0.485 e. The monoisotopic (exact) mass is 458 g/mol. The van der Waals surface area contributed by atoms with Crippen molar-refractivity contribution in [2.45, 2.75) is 32.1 Å². The molecular formula is C18H14ClF7N2O2. The van der Waals surface area contributed by atoms with E-state index in [4.69, 9.17) is 16.4 Å². The number of rotatable bonds is 8. The third-order valence-corrected chi connectivity index (χ3v) is 3.86. The summed E-state index contributed by atoms with van der Waals surface area (Å²) >= 11 is 5.75. The molecule has 2 aromatic rings. The highest BCUT2D eigenvalue weighted by atomic mass is 35.5. The Morgan fingerprint density at radius 1 is 1.13 bits per heavy atom. The Labute approximate surface area is 171 Å². The first-order chi connectivity index (χ1) is 13.9. The fourth-order valence-corrected chi connectivity index (χ4v) is 2.17. The molecule has 30 heavy (non-hydrogen) atoms. The summed E-state index contributed by atoms with van der Waals surface area (Å²) in [6.45, 7) is -0.607. The molecule has 0 aliphatic rings. The Bertz CT molecular complexity index is 887. The van der Waals surface area contributed by atoms with Gasteiger partial charge in [-0.05, 0) is 30.7 Å². The number of ether oxygens (including phenoxy) is 1. The van der Waals surface area contributed by atoms with Crippen LogP contribution < -0.4 is 4.74 Å². The fraction of sp³-hybridized carbons (Fsp3) is 0.333. The molecule has 0 N–H and O–H groups in total. The van der Waals surface area contributed by atoms with E-state index in [0.717, 1.165) is 0 Å². The zero-order valence-electron chi connectivity index (χ0n) is 15.2. The summed E-state index contributed by atoms with van der Waals surface area (Å²) in [5.74, 6) is -5.36. The second-order valence-corrected chi connectivity index (χ2v) is 6.43. The van der Waals surface area contributed by atoms with E-state index < -0.39 is 36.4 Å². The van der Waals surface area contributed by atoms with Crippen LogP contribution in [0.15, 0.2) is 41.7 Å². The van der Waals surface area contributed by atoms with Gasteiger partial charge in [-0.3, -0.25) is 4.98 Å². The molecular weight excluding hydrogens is 445 g/mol. The number of benzene rings is 1. The number of hydrogen-bond acceptors (Lipinski definition) is 4. The standard InChI is InChI=1S/C18H14ClF7N2O2/c1-10(28-30-8-11-2-4-13(19)5-3-11)15-14(29-9-17(22,23)16(20)21)6-12(7-27-15)18(24,25)26/h2-7,16H,8-9H2,1H3/b28-10+. The van der Waals surface area contributed by atoms with Crippen molar-refractivity contribution in [3.8, 4) is 5.75 Å². The molecule has 12 heteroatoms. The van der Waals surface area contributed by atoms with Crippen molar-refractivity contribution in [1.29, 1.82) is 0 Å². The molecule has 0 atom stereocenters. The number of hydrogen-bond donors (Lipinski definition) is 0. The van der Waals surface area contributed by atoms with Crippen molar-refractivity contribution in [1.82, 2.24) is 4.98 Å². The van der Waals surface area contributed by atoms with E-state index in [1.807, 2.05) is 0 Å². The van der Waals surface area contributed by atoms with Crippen LogP contribution in [-0.4, -0.2) is 29.7 Å². The van der Waals surface area contributed by atoms with Gasteiger partial charge in [-0.1, -0.05) is 28.9 Å². The lowest BCUT2D eigenvalue weighted by Gasteiger charge is -2.18. The maximum atomic E-state index is 13.1. The average molecular weight is 459 g/mol. The van der Waals surface area contributed by atoms with Gasteiger partial charge in [0, 0.05) is 11.2 Å². The fourth-order valence-electron chi connectivity index (χ4n) is 2.05. The van der Waals surface area contributed by atoms with Gasteiger partial charge in [0.05, 0.1) is 5.56 Å². The van der Waals surface area contributed by atoms with E-state index in [-0.39, 0.29) is 18.0 Å². The highest BCUT2D eigenvalue weighted by molar-refractivity contribution is 6.30. The van der Waals surface area contributed by atoms with Crippen molar-refractivity contribution < 1.29 is 40.3 Å². The van der Waals surface area contributed by atoms with Crippen LogP contribution in [0.2, 0.25) is 5.02 Å². The molecule has 2 rings (SSSR count). The number of halogens is 8. The first kappa shape index (κ1) is 23.7. The Hall–Kier alpha value is -2.56. The Morgan fingerprint density at radius 3 is 2.33 bits per heavy atom. The van der Waals surface area contributed by atoms with Crippen LogP contribution in [0, 0.1) is 0 Å². The molecule has 0 fully saturated rings. The number of nitrogens with zero attached hydrogens (tertiary/aromatic N) is 2. The van der Waals surface area contributed by atoms with Crippen molar-refractivity contribution >= 4 is 17.3 Å². The van der Waals surface area contributed by atoms with Gasteiger partial charge >= 0.3 is 18.5 Å². The van der Waals surface area contributed by atoms with E-state index in [2.05, 4.69) is 14.9 Å². The van der Waals surface area contributed by atoms with Gasteiger partial charge in [-0.15, -0.1) is 0 Å². The molecule has 0 spiro atoms. The molecule has 164 valence electrons. The zero-order chi connectivity index (χ0) is 22.5. The van der Waals surface area contributed by atoms with Crippen LogP contribution in [0.4, 0.5) is 30.7 Å². The van der Waals surface area contributed by atoms with Gasteiger partial charge in [0.15, 0.2) is 6.61 Å². The van der Waals surface area contributed by atoms with Gasteiger partial charge in [0.2, 0.25) is 0 Å².